The number of anilines is 1. The van der Waals surface area contributed by atoms with Crippen molar-refractivity contribution in [2.24, 2.45) is 0 Å². The number of thiazole rings is 1. The maximum Gasteiger partial charge on any atom is 0.260 e. The van der Waals surface area contributed by atoms with Gasteiger partial charge in [-0.2, -0.15) is 0 Å². The number of hydrogen-bond acceptors (Lipinski definition) is 6. The minimum absolute atomic E-state index is 0.0116. The van der Waals surface area contributed by atoms with Crippen LogP contribution in [0.25, 0.3) is 10.2 Å². The summed E-state index contributed by atoms with van der Waals surface area (Å²) >= 11 is 1.51. The van der Waals surface area contributed by atoms with Crippen LogP contribution in [0, 0.1) is 13.8 Å². The van der Waals surface area contributed by atoms with E-state index in [1.807, 2.05) is 49.1 Å². The van der Waals surface area contributed by atoms with Gasteiger partial charge in [0.1, 0.15) is 0 Å². The first kappa shape index (κ1) is 20.6. The molecular formula is C23H27N3O3S. The van der Waals surface area contributed by atoms with Crippen LogP contribution in [-0.2, 0) is 0 Å². The molecule has 1 aromatic heterocycles. The summed E-state index contributed by atoms with van der Waals surface area (Å²) < 4.78 is 12.0. The maximum atomic E-state index is 13.6. The van der Waals surface area contributed by atoms with E-state index in [9.17, 15) is 4.79 Å². The molecule has 30 heavy (non-hydrogen) atoms. The van der Waals surface area contributed by atoms with E-state index in [1.165, 1.54) is 11.3 Å². The highest BCUT2D eigenvalue weighted by Gasteiger charge is 2.24. The van der Waals surface area contributed by atoms with E-state index in [2.05, 4.69) is 18.7 Å². The molecule has 0 atom stereocenters. The molecule has 0 unspecified atom stereocenters. The van der Waals surface area contributed by atoms with Gasteiger partial charge in [0, 0.05) is 30.8 Å². The van der Waals surface area contributed by atoms with Crippen LogP contribution in [0.3, 0.4) is 0 Å². The van der Waals surface area contributed by atoms with Crippen LogP contribution in [0.2, 0.25) is 0 Å². The number of aromatic nitrogens is 1. The predicted octanol–water partition coefficient (Wildman–Crippen LogP) is 4.63. The van der Waals surface area contributed by atoms with Crippen molar-refractivity contribution < 1.29 is 14.3 Å². The van der Waals surface area contributed by atoms with Gasteiger partial charge in [-0.3, -0.25) is 9.69 Å². The van der Waals surface area contributed by atoms with Gasteiger partial charge in [0.15, 0.2) is 16.6 Å². The summed E-state index contributed by atoms with van der Waals surface area (Å²) in [6, 6.07) is 9.84. The van der Waals surface area contributed by atoms with Crippen LogP contribution in [0.15, 0.2) is 30.3 Å². The Hall–Kier alpha value is -2.64. The number of benzene rings is 2. The first-order valence-corrected chi connectivity index (χ1v) is 11.1. The van der Waals surface area contributed by atoms with Crippen molar-refractivity contribution >= 4 is 32.6 Å². The quantitative estimate of drug-likeness (QED) is 0.552. The van der Waals surface area contributed by atoms with E-state index < -0.39 is 0 Å². The Morgan fingerprint density at radius 1 is 1.07 bits per heavy atom. The highest BCUT2D eigenvalue weighted by atomic mass is 32.1. The van der Waals surface area contributed by atoms with Crippen molar-refractivity contribution in [1.82, 2.24) is 9.88 Å². The van der Waals surface area contributed by atoms with Gasteiger partial charge in [-0.1, -0.05) is 42.9 Å². The second kappa shape index (κ2) is 8.62. The van der Waals surface area contributed by atoms with Crippen LogP contribution in [0.5, 0.6) is 11.5 Å². The molecule has 0 radical (unpaired) electrons. The van der Waals surface area contributed by atoms with Crippen LogP contribution in [0.4, 0.5) is 5.13 Å². The zero-order valence-electron chi connectivity index (χ0n) is 17.9. The minimum atomic E-state index is -0.0116. The lowest BCUT2D eigenvalue weighted by molar-refractivity contribution is 0.0983. The molecular weight excluding hydrogens is 398 g/mol. The Balaban J connectivity index is 1.72. The average Bonchev–Trinajstić information content (AvgIpc) is 3.36. The number of carbonyl (C=O) groups excluding carboxylic acids is 1. The summed E-state index contributed by atoms with van der Waals surface area (Å²) in [4.78, 5) is 22.5. The largest absolute Gasteiger partial charge is 0.454 e. The van der Waals surface area contributed by atoms with Gasteiger partial charge in [0.05, 0.1) is 10.2 Å². The fourth-order valence-electron chi connectivity index (χ4n) is 3.60. The number of aryl methyl sites for hydroxylation is 2. The van der Waals surface area contributed by atoms with Gasteiger partial charge < -0.3 is 14.4 Å². The highest BCUT2D eigenvalue weighted by Crippen LogP contribution is 2.40. The third kappa shape index (κ3) is 4.00. The Kier molecular flexibility index (Phi) is 5.92. The second-order valence-corrected chi connectivity index (χ2v) is 8.48. The Morgan fingerprint density at radius 2 is 1.80 bits per heavy atom. The monoisotopic (exact) mass is 425 g/mol. The second-order valence-electron chi connectivity index (χ2n) is 7.47. The molecule has 0 aliphatic carbocycles. The topological polar surface area (TPSA) is 54.9 Å². The number of fused-ring (bicyclic) bond motifs is 2. The summed E-state index contributed by atoms with van der Waals surface area (Å²) in [5.74, 6) is 1.42. The molecule has 0 N–H and O–H groups in total. The van der Waals surface area contributed by atoms with E-state index in [0.29, 0.717) is 17.4 Å². The van der Waals surface area contributed by atoms with Gasteiger partial charge in [-0.05, 0) is 38.6 Å². The molecule has 0 bridgehead atoms. The summed E-state index contributed by atoms with van der Waals surface area (Å²) in [7, 11) is 0. The van der Waals surface area contributed by atoms with Crippen LogP contribution in [0.1, 0.15) is 35.3 Å². The third-order valence-electron chi connectivity index (χ3n) is 5.51. The van der Waals surface area contributed by atoms with Crippen molar-refractivity contribution in [2.75, 3.05) is 37.9 Å². The Bertz CT molecular complexity index is 1030. The zero-order valence-corrected chi connectivity index (χ0v) is 18.7. The molecule has 1 aliphatic rings. The van der Waals surface area contributed by atoms with E-state index in [0.717, 1.165) is 52.3 Å². The van der Waals surface area contributed by atoms with Gasteiger partial charge in [-0.15, -0.1) is 0 Å². The average molecular weight is 426 g/mol. The SMILES string of the molecule is CCN(CC)CCN(C(=O)c1cc(C)ccc1C)c1nc2cc3c(cc2s1)OCO3. The third-order valence-corrected chi connectivity index (χ3v) is 6.55. The van der Waals surface area contributed by atoms with Crippen LogP contribution in [-0.4, -0.2) is 48.8 Å². The molecule has 7 heteroatoms. The first-order valence-electron chi connectivity index (χ1n) is 10.3. The molecule has 6 nitrogen and oxygen atoms in total. The molecule has 0 saturated carbocycles. The van der Waals surface area contributed by atoms with Gasteiger partial charge in [-0.25, -0.2) is 4.98 Å². The molecule has 1 aliphatic heterocycles. The normalized spacial score (nSPS) is 12.7. The van der Waals surface area contributed by atoms with E-state index >= 15 is 0 Å². The van der Waals surface area contributed by atoms with Gasteiger partial charge >= 0.3 is 0 Å². The molecule has 0 saturated heterocycles. The van der Waals surface area contributed by atoms with E-state index in [4.69, 9.17) is 14.5 Å². The Morgan fingerprint density at radius 3 is 2.53 bits per heavy atom. The highest BCUT2D eigenvalue weighted by molar-refractivity contribution is 7.22. The lowest BCUT2D eigenvalue weighted by Crippen LogP contribution is -2.39. The van der Waals surface area contributed by atoms with E-state index in [1.54, 1.807) is 0 Å². The lowest BCUT2D eigenvalue weighted by atomic mass is 10.0. The number of hydrogen-bond donors (Lipinski definition) is 0. The van der Waals surface area contributed by atoms with Crippen LogP contribution >= 0.6 is 11.3 Å². The molecule has 4 rings (SSSR count). The summed E-state index contributed by atoms with van der Waals surface area (Å²) in [5, 5.41) is 0.701. The smallest absolute Gasteiger partial charge is 0.260 e. The summed E-state index contributed by atoms with van der Waals surface area (Å²) in [6.45, 7) is 11.8. The van der Waals surface area contributed by atoms with Crippen LogP contribution < -0.4 is 14.4 Å². The Labute approximate surface area is 181 Å². The summed E-state index contributed by atoms with van der Waals surface area (Å²) in [5.41, 5.74) is 3.59. The molecule has 2 heterocycles. The minimum Gasteiger partial charge on any atom is -0.454 e. The fourth-order valence-corrected chi connectivity index (χ4v) is 4.60. The van der Waals surface area contributed by atoms with Crippen molar-refractivity contribution in [3.63, 3.8) is 0 Å². The number of nitrogens with zero attached hydrogens (tertiary/aromatic N) is 3. The first-order chi connectivity index (χ1) is 14.5. The van der Waals surface area contributed by atoms with Gasteiger partial charge in [0.2, 0.25) is 6.79 Å². The summed E-state index contributed by atoms with van der Waals surface area (Å²) in [6.07, 6.45) is 0. The van der Waals surface area contributed by atoms with Gasteiger partial charge in [0.25, 0.3) is 5.91 Å². The van der Waals surface area contributed by atoms with Crippen molar-refractivity contribution in [3.05, 3.63) is 47.0 Å². The number of rotatable bonds is 7. The number of amides is 1. The fraction of sp³-hybridized carbons (Fsp3) is 0.391. The molecule has 2 aromatic carbocycles. The zero-order chi connectivity index (χ0) is 21.3. The maximum absolute atomic E-state index is 13.6. The number of carbonyl (C=O) groups is 1. The lowest BCUT2D eigenvalue weighted by Gasteiger charge is -2.25. The van der Waals surface area contributed by atoms with Crippen molar-refractivity contribution in [2.45, 2.75) is 27.7 Å². The standard InChI is InChI=1S/C23H27N3O3S/c1-5-25(6-2)9-10-26(22(27)17-11-15(3)7-8-16(17)4)23-24-18-12-19-20(29-14-28-19)13-21(18)30-23/h7-8,11-13H,5-6,9-10,14H2,1-4H3. The molecule has 1 amide bonds. The van der Waals surface area contributed by atoms with E-state index in [-0.39, 0.29) is 12.7 Å². The number of likely N-dealkylation sites (N-methyl/N-ethyl adjacent to an activating group) is 1. The molecule has 3 aromatic rings. The molecule has 0 fully saturated rings. The number of ether oxygens (including phenoxy) is 2. The van der Waals surface area contributed by atoms with Crippen molar-refractivity contribution in [3.8, 4) is 11.5 Å². The molecule has 158 valence electrons. The predicted molar refractivity (Wildman–Crippen MR) is 121 cm³/mol. The molecule has 0 spiro atoms. The van der Waals surface area contributed by atoms with Crippen molar-refractivity contribution in [1.29, 1.82) is 0 Å².